The summed E-state index contributed by atoms with van der Waals surface area (Å²) in [7, 11) is 0. The second kappa shape index (κ2) is 10.7. The Bertz CT molecular complexity index is 1150. The summed E-state index contributed by atoms with van der Waals surface area (Å²) in [5.41, 5.74) is 5.02. The van der Waals surface area contributed by atoms with Crippen LogP contribution >= 0.6 is 15.9 Å². The lowest BCUT2D eigenvalue weighted by atomic mass is 9.97. The number of rotatable bonds is 9. The molecular formula is C24H25BrFN3O5. The summed E-state index contributed by atoms with van der Waals surface area (Å²) in [6.07, 6.45) is -2.41. The summed E-state index contributed by atoms with van der Waals surface area (Å²) in [6.45, 7) is -0.887. The van der Waals surface area contributed by atoms with Crippen molar-refractivity contribution in [3.05, 3.63) is 92.9 Å². The average Bonchev–Trinajstić information content (AvgIpc) is 3.13. The van der Waals surface area contributed by atoms with Crippen LogP contribution in [0.3, 0.4) is 0 Å². The zero-order valence-electron chi connectivity index (χ0n) is 18.2. The topological polar surface area (TPSA) is 109 Å². The van der Waals surface area contributed by atoms with E-state index in [0.717, 1.165) is 15.7 Å². The van der Waals surface area contributed by atoms with Gasteiger partial charge in [0.1, 0.15) is 24.7 Å². The van der Waals surface area contributed by atoms with Crippen LogP contribution < -0.4 is 11.4 Å². The minimum atomic E-state index is -1.65. The van der Waals surface area contributed by atoms with E-state index in [4.69, 9.17) is 19.9 Å². The molecule has 3 aromatic rings. The van der Waals surface area contributed by atoms with Gasteiger partial charge in [0.25, 0.3) is 0 Å². The monoisotopic (exact) mass is 533 g/mol. The third kappa shape index (κ3) is 5.21. The van der Waals surface area contributed by atoms with Crippen LogP contribution in [0, 0.1) is 0 Å². The largest absolute Gasteiger partial charge is 0.386 e. The van der Waals surface area contributed by atoms with E-state index in [1.54, 1.807) is 0 Å². The maximum absolute atomic E-state index is 14.6. The Morgan fingerprint density at radius 1 is 1.12 bits per heavy atom. The zero-order chi connectivity index (χ0) is 24.1. The molecule has 0 saturated carbocycles. The van der Waals surface area contributed by atoms with Gasteiger partial charge in [-0.05, 0) is 27.1 Å². The van der Waals surface area contributed by atoms with Crippen LogP contribution in [0.15, 0.2) is 76.1 Å². The Morgan fingerprint density at radius 2 is 1.74 bits per heavy atom. The average molecular weight is 534 g/mol. The molecule has 2 aromatic carbocycles. The minimum absolute atomic E-state index is 0.00596. The number of nitrogens with zero attached hydrogens (tertiary/aromatic N) is 2. The van der Waals surface area contributed by atoms with Gasteiger partial charge in [-0.1, -0.05) is 60.7 Å². The number of nitrogen functional groups attached to an aromatic ring is 1. The molecule has 0 unspecified atom stereocenters. The van der Waals surface area contributed by atoms with Gasteiger partial charge in [0.2, 0.25) is 0 Å². The quantitative estimate of drug-likeness (QED) is 0.435. The van der Waals surface area contributed by atoms with Crippen LogP contribution in [-0.2, 0) is 27.4 Å². The SMILES string of the molecule is Nc1nc(=O)n([C@@H]2O[C@](CF)(COCc3ccccc3)[C@@H](OCc3ccccc3)[C@H]2O)cc1Br. The zero-order valence-corrected chi connectivity index (χ0v) is 19.8. The van der Waals surface area contributed by atoms with Crippen LogP contribution in [0.25, 0.3) is 0 Å². The highest BCUT2D eigenvalue weighted by atomic mass is 79.9. The molecule has 0 aliphatic carbocycles. The number of alkyl halides is 1. The molecule has 0 amide bonds. The Labute approximate surface area is 204 Å². The first-order chi connectivity index (χ1) is 16.4. The van der Waals surface area contributed by atoms with Crippen molar-refractivity contribution < 1.29 is 23.7 Å². The lowest BCUT2D eigenvalue weighted by molar-refractivity contribution is -0.165. The van der Waals surface area contributed by atoms with Crippen molar-refractivity contribution in [2.45, 2.75) is 37.3 Å². The summed E-state index contributed by atoms with van der Waals surface area (Å²) >= 11 is 3.22. The molecule has 2 heterocycles. The molecule has 8 nitrogen and oxygen atoms in total. The fraction of sp³-hybridized carbons (Fsp3) is 0.333. The van der Waals surface area contributed by atoms with E-state index in [2.05, 4.69) is 20.9 Å². The van der Waals surface area contributed by atoms with Crippen molar-refractivity contribution in [2.24, 2.45) is 0 Å². The van der Waals surface area contributed by atoms with Gasteiger partial charge in [0, 0.05) is 6.20 Å². The van der Waals surface area contributed by atoms with Crippen molar-refractivity contribution in [1.29, 1.82) is 0 Å². The standard InChI is InChI=1S/C24H25BrFN3O5/c25-18-11-29(23(31)28-21(18)27)22-19(30)20(33-13-17-9-5-2-6-10-17)24(14-26,34-22)15-32-12-16-7-3-1-4-8-16/h1-11,19-20,22,30H,12-15H2,(H2,27,28,31)/t19-,20+,22-,24-/m1/s1. The van der Waals surface area contributed by atoms with Gasteiger partial charge >= 0.3 is 5.69 Å². The van der Waals surface area contributed by atoms with Gasteiger partial charge in [-0.2, -0.15) is 4.98 Å². The summed E-state index contributed by atoms with van der Waals surface area (Å²) < 4.78 is 33.8. The first-order valence-corrected chi connectivity index (χ1v) is 11.5. The number of hydrogen-bond donors (Lipinski definition) is 2. The second-order valence-corrected chi connectivity index (χ2v) is 8.91. The fourth-order valence-electron chi connectivity index (χ4n) is 3.89. The predicted molar refractivity (Wildman–Crippen MR) is 127 cm³/mol. The Morgan fingerprint density at radius 3 is 2.35 bits per heavy atom. The molecule has 1 fully saturated rings. The van der Waals surface area contributed by atoms with Crippen LogP contribution in [-0.4, -0.2) is 45.7 Å². The second-order valence-electron chi connectivity index (χ2n) is 8.06. The first-order valence-electron chi connectivity index (χ1n) is 10.7. The molecule has 34 heavy (non-hydrogen) atoms. The molecule has 1 aliphatic heterocycles. The predicted octanol–water partition coefficient (Wildman–Crippen LogP) is 2.99. The highest BCUT2D eigenvalue weighted by Gasteiger charge is 2.57. The van der Waals surface area contributed by atoms with Crippen LogP contribution in [0.2, 0.25) is 0 Å². The molecule has 1 aromatic heterocycles. The maximum atomic E-state index is 14.6. The van der Waals surface area contributed by atoms with Gasteiger partial charge in [0.15, 0.2) is 11.8 Å². The van der Waals surface area contributed by atoms with E-state index in [9.17, 15) is 14.3 Å². The number of hydrogen-bond acceptors (Lipinski definition) is 7. The maximum Gasteiger partial charge on any atom is 0.351 e. The molecule has 180 valence electrons. The molecular weight excluding hydrogens is 509 g/mol. The van der Waals surface area contributed by atoms with Crippen molar-refractivity contribution in [3.63, 3.8) is 0 Å². The molecule has 1 aliphatic rings. The number of ether oxygens (including phenoxy) is 3. The summed E-state index contributed by atoms with van der Waals surface area (Å²) in [6, 6.07) is 18.7. The number of anilines is 1. The van der Waals surface area contributed by atoms with Crippen LogP contribution in [0.4, 0.5) is 10.2 Å². The van der Waals surface area contributed by atoms with Gasteiger partial charge < -0.3 is 25.1 Å². The number of nitrogens with two attached hydrogens (primary N) is 1. The van der Waals surface area contributed by atoms with Crippen molar-refractivity contribution >= 4 is 21.7 Å². The van der Waals surface area contributed by atoms with E-state index in [-0.39, 0.29) is 25.6 Å². The van der Waals surface area contributed by atoms with Gasteiger partial charge in [0.05, 0.1) is 24.3 Å². The summed E-state index contributed by atoms with van der Waals surface area (Å²) in [4.78, 5) is 16.2. The Kier molecular flexibility index (Phi) is 7.74. The molecule has 0 spiro atoms. The smallest absolute Gasteiger partial charge is 0.351 e. The van der Waals surface area contributed by atoms with Gasteiger partial charge in [-0.25, -0.2) is 9.18 Å². The van der Waals surface area contributed by atoms with Crippen LogP contribution in [0.5, 0.6) is 0 Å². The number of aliphatic hydroxyl groups excluding tert-OH is 1. The molecule has 4 atom stereocenters. The van der Waals surface area contributed by atoms with Gasteiger partial charge in [-0.15, -0.1) is 0 Å². The highest BCUT2D eigenvalue weighted by Crippen LogP contribution is 2.40. The molecule has 4 rings (SSSR count). The first kappa shape index (κ1) is 24.5. The van der Waals surface area contributed by atoms with Crippen molar-refractivity contribution in [3.8, 4) is 0 Å². The normalized spacial score (nSPS) is 24.4. The van der Waals surface area contributed by atoms with Crippen molar-refractivity contribution in [2.75, 3.05) is 19.0 Å². The van der Waals surface area contributed by atoms with Crippen LogP contribution in [0.1, 0.15) is 17.4 Å². The molecule has 3 N–H and O–H groups in total. The Balaban J connectivity index is 1.60. The third-order valence-corrected chi connectivity index (χ3v) is 6.25. The summed E-state index contributed by atoms with van der Waals surface area (Å²) in [5, 5.41) is 11.1. The minimum Gasteiger partial charge on any atom is -0.386 e. The number of aliphatic hydroxyl groups is 1. The summed E-state index contributed by atoms with van der Waals surface area (Å²) in [5.74, 6) is -0.00596. The van der Waals surface area contributed by atoms with E-state index in [1.165, 1.54) is 6.20 Å². The molecule has 10 heteroatoms. The van der Waals surface area contributed by atoms with E-state index >= 15 is 0 Å². The van der Waals surface area contributed by atoms with Gasteiger partial charge in [-0.3, -0.25) is 4.57 Å². The van der Waals surface area contributed by atoms with Crippen molar-refractivity contribution in [1.82, 2.24) is 9.55 Å². The third-order valence-electron chi connectivity index (χ3n) is 5.64. The highest BCUT2D eigenvalue weighted by molar-refractivity contribution is 9.10. The van der Waals surface area contributed by atoms with E-state index in [0.29, 0.717) is 4.47 Å². The molecule has 1 saturated heterocycles. The number of aromatic nitrogens is 2. The Hall–Kier alpha value is -2.63. The molecule has 0 radical (unpaired) electrons. The fourth-order valence-corrected chi connectivity index (χ4v) is 4.20. The van der Waals surface area contributed by atoms with E-state index in [1.807, 2.05) is 60.7 Å². The number of halogens is 2. The molecule has 0 bridgehead atoms. The number of benzene rings is 2. The lowest BCUT2D eigenvalue weighted by Gasteiger charge is -2.31. The van der Waals surface area contributed by atoms with E-state index < -0.39 is 36.4 Å². The lowest BCUT2D eigenvalue weighted by Crippen LogP contribution is -2.50.